The highest BCUT2D eigenvalue weighted by atomic mass is 16.2. The molecule has 2 amide bonds. The second kappa shape index (κ2) is 9.63. The van der Waals surface area contributed by atoms with Crippen LogP contribution in [-0.2, 0) is 4.79 Å². The van der Waals surface area contributed by atoms with Crippen molar-refractivity contribution in [1.82, 2.24) is 24.8 Å². The number of hydrogen-bond acceptors (Lipinski definition) is 6. The molecule has 9 nitrogen and oxygen atoms in total. The Kier molecular flexibility index (Phi) is 6.24. The van der Waals surface area contributed by atoms with Gasteiger partial charge in [-0.25, -0.2) is 4.98 Å². The predicted octanol–water partition coefficient (Wildman–Crippen LogP) is 4.00. The molecule has 0 aromatic carbocycles. The lowest BCUT2D eigenvalue weighted by Crippen LogP contribution is -2.35. The van der Waals surface area contributed by atoms with E-state index in [1.165, 1.54) is 6.20 Å². The fourth-order valence-corrected chi connectivity index (χ4v) is 4.35. The zero-order chi connectivity index (χ0) is 24.4. The molecule has 0 saturated carbocycles. The Morgan fingerprint density at radius 2 is 2.03 bits per heavy atom. The maximum Gasteiger partial charge on any atom is 0.257 e. The Balaban J connectivity index is 1.29. The summed E-state index contributed by atoms with van der Waals surface area (Å²) in [5.41, 5.74) is 4.66. The molecule has 4 aromatic heterocycles. The quantitative estimate of drug-likeness (QED) is 0.393. The van der Waals surface area contributed by atoms with Crippen LogP contribution in [0.25, 0.3) is 22.3 Å². The molecule has 0 bridgehead atoms. The number of likely N-dealkylation sites (tertiary alicyclic amines) is 1. The van der Waals surface area contributed by atoms with E-state index in [0.29, 0.717) is 40.9 Å². The maximum atomic E-state index is 13.0. The van der Waals surface area contributed by atoms with Gasteiger partial charge in [-0.05, 0) is 63.6 Å². The molecule has 1 saturated heterocycles. The van der Waals surface area contributed by atoms with E-state index in [1.807, 2.05) is 18.2 Å². The number of anilines is 2. The Hall–Kier alpha value is -4.11. The van der Waals surface area contributed by atoms with E-state index in [1.54, 1.807) is 37.6 Å². The van der Waals surface area contributed by atoms with E-state index in [-0.39, 0.29) is 11.8 Å². The van der Waals surface area contributed by atoms with Crippen LogP contribution in [0.2, 0.25) is 0 Å². The monoisotopic (exact) mass is 469 g/mol. The zero-order valence-corrected chi connectivity index (χ0v) is 19.7. The Morgan fingerprint density at radius 1 is 1.14 bits per heavy atom. The van der Waals surface area contributed by atoms with Crippen molar-refractivity contribution in [3.8, 4) is 11.3 Å². The second-order valence-corrected chi connectivity index (χ2v) is 8.91. The standard InChI is InChI=1S/C26H27N7O2/c1-16-5-4-8-33(16)15-24(34)30-21-11-22(17(2)28-14-21)32-26(35)20-9-19-10-23(31-25(19)29-13-20)18-6-3-7-27-12-18/h3,6-7,9-14,16H,4-5,8,15H2,1-2H3,(H,29,31)(H,30,34)(H,32,35)/t16-/m0/s1. The number of carbonyl (C=O) groups is 2. The number of carbonyl (C=O) groups excluding carboxylic acids is 2. The van der Waals surface area contributed by atoms with Gasteiger partial charge in [-0.15, -0.1) is 0 Å². The highest BCUT2D eigenvalue weighted by Crippen LogP contribution is 2.24. The minimum Gasteiger partial charge on any atom is -0.339 e. The van der Waals surface area contributed by atoms with Gasteiger partial charge in [0.25, 0.3) is 5.91 Å². The van der Waals surface area contributed by atoms with Crippen LogP contribution in [0.1, 0.15) is 35.8 Å². The lowest BCUT2D eigenvalue weighted by molar-refractivity contribution is -0.117. The Bertz CT molecular complexity index is 1380. The number of aromatic amines is 1. The van der Waals surface area contributed by atoms with Crippen molar-refractivity contribution < 1.29 is 9.59 Å². The molecular formula is C26H27N7O2. The van der Waals surface area contributed by atoms with Crippen LogP contribution >= 0.6 is 0 Å². The first-order valence-corrected chi connectivity index (χ1v) is 11.7. The van der Waals surface area contributed by atoms with Crippen LogP contribution in [0, 0.1) is 6.92 Å². The third-order valence-electron chi connectivity index (χ3n) is 6.36. The first-order chi connectivity index (χ1) is 17.0. The van der Waals surface area contributed by atoms with Crippen molar-refractivity contribution in [2.75, 3.05) is 23.7 Å². The summed E-state index contributed by atoms with van der Waals surface area (Å²) in [6.45, 7) is 5.23. The summed E-state index contributed by atoms with van der Waals surface area (Å²) in [6, 6.07) is 9.71. The van der Waals surface area contributed by atoms with Crippen LogP contribution in [0.15, 0.2) is 55.1 Å². The highest BCUT2D eigenvalue weighted by molar-refractivity contribution is 6.06. The summed E-state index contributed by atoms with van der Waals surface area (Å²) in [4.78, 5) is 43.8. The largest absolute Gasteiger partial charge is 0.339 e. The fraction of sp³-hybridized carbons (Fsp3) is 0.269. The zero-order valence-electron chi connectivity index (χ0n) is 19.7. The summed E-state index contributed by atoms with van der Waals surface area (Å²) in [7, 11) is 0. The molecular weight excluding hydrogens is 442 g/mol. The average Bonchev–Trinajstić information content (AvgIpc) is 3.47. The summed E-state index contributed by atoms with van der Waals surface area (Å²) in [6.07, 6.45) is 8.86. The van der Waals surface area contributed by atoms with Gasteiger partial charge in [0.05, 0.1) is 35.4 Å². The van der Waals surface area contributed by atoms with Gasteiger partial charge in [0.1, 0.15) is 5.65 Å². The number of pyridine rings is 3. The summed E-state index contributed by atoms with van der Waals surface area (Å²) in [5.74, 6) is -0.393. The molecule has 4 aromatic rings. The number of hydrogen-bond donors (Lipinski definition) is 3. The molecule has 5 heterocycles. The molecule has 178 valence electrons. The highest BCUT2D eigenvalue weighted by Gasteiger charge is 2.22. The van der Waals surface area contributed by atoms with E-state index in [4.69, 9.17) is 0 Å². The molecule has 1 aliphatic rings. The molecule has 3 N–H and O–H groups in total. The van der Waals surface area contributed by atoms with E-state index >= 15 is 0 Å². The van der Waals surface area contributed by atoms with Crippen molar-refractivity contribution in [2.45, 2.75) is 32.7 Å². The van der Waals surface area contributed by atoms with Crippen LogP contribution in [0.4, 0.5) is 11.4 Å². The number of nitrogens with one attached hydrogen (secondary N) is 3. The van der Waals surface area contributed by atoms with Crippen LogP contribution < -0.4 is 10.6 Å². The molecule has 1 aliphatic heterocycles. The van der Waals surface area contributed by atoms with Gasteiger partial charge in [0.15, 0.2) is 0 Å². The van der Waals surface area contributed by atoms with Gasteiger partial charge in [0, 0.05) is 41.3 Å². The molecule has 9 heteroatoms. The molecule has 35 heavy (non-hydrogen) atoms. The lowest BCUT2D eigenvalue weighted by Gasteiger charge is -2.20. The molecule has 0 spiro atoms. The van der Waals surface area contributed by atoms with Gasteiger partial charge in [-0.1, -0.05) is 0 Å². The van der Waals surface area contributed by atoms with E-state index in [2.05, 4.69) is 42.4 Å². The third-order valence-corrected chi connectivity index (χ3v) is 6.36. The Morgan fingerprint density at radius 3 is 2.80 bits per heavy atom. The number of rotatable bonds is 6. The van der Waals surface area contributed by atoms with Gasteiger partial charge >= 0.3 is 0 Å². The maximum absolute atomic E-state index is 13.0. The first kappa shape index (κ1) is 22.7. The van der Waals surface area contributed by atoms with E-state index in [9.17, 15) is 9.59 Å². The molecule has 0 aliphatic carbocycles. The summed E-state index contributed by atoms with van der Waals surface area (Å²) >= 11 is 0. The van der Waals surface area contributed by atoms with Gasteiger partial charge in [0.2, 0.25) is 5.91 Å². The van der Waals surface area contributed by atoms with Gasteiger partial charge in [-0.3, -0.25) is 24.5 Å². The van der Waals surface area contributed by atoms with Crippen LogP contribution in [0.3, 0.4) is 0 Å². The number of aromatic nitrogens is 4. The number of nitrogens with zero attached hydrogens (tertiary/aromatic N) is 4. The Labute approximate surface area is 203 Å². The summed E-state index contributed by atoms with van der Waals surface area (Å²) in [5, 5.41) is 6.62. The normalized spacial score (nSPS) is 15.9. The third kappa shape index (κ3) is 5.04. The molecule has 1 fully saturated rings. The molecule has 0 radical (unpaired) electrons. The molecule has 5 rings (SSSR count). The smallest absolute Gasteiger partial charge is 0.257 e. The van der Waals surface area contributed by atoms with Crippen LogP contribution in [-0.4, -0.2) is 55.8 Å². The van der Waals surface area contributed by atoms with Crippen LogP contribution in [0.5, 0.6) is 0 Å². The van der Waals surface area contributed by atoms with Crippen molar-refractivity contribution in [3.63, 3.8) is 0 Å². The first-order valence-electron chi connectivity index (χ1n) is 11.7. The predicted molar refractivity (Wildman–Crippen MR) is 135 cm³/mol. The SMILES string of the molecule is Cc1ncc(NC(=O)CN2CCC[C@@H]2C)cc1NC(=O)c1cnc2[nH]c(-c3cccnc3)cc2c1. The van der Waals surface area contributed by atoms with Crippen molar-refractivity contribution in [3.05, 3.63) is 66.4 Å². The van der Waals surface area contributed by atoms with Gasteiger partial charge < -0.3 is 15.6 Å². The second-order valence-electron chi connectivity index (χ2n) is 8.91. The average molecular weight is 470 g/mol. The minimum absolute atomic E-state index is 0.0896. The number of fused-ring (bicyclic) bond motifs is 1. The summed E-state index contributed by atoms with van der Waals surface area (Å²) < 4.78 is 0. The van der Waals surface area contributed by atoms with E-state index in [0.717, 1.165) is 36.0 Å². The number of aryl methyl sites for hydroxylation is 1. The molecule has 1 atom stereocenters. The minimum atomic E-state index is -0.303. The van der Waals surface area contributed by atoms with E-state index < -0.39 is 0 Å². The van der Waals surface area contributed by atoms with Crippen molar-refractivity contribution in [2.24, 2.45) is 0 Å². The van der Waals surface area contributed by atoms with Crippen molar-refractivity contribution >= 4 is 34.2 Å². The molecule has 0 unspecified atom stereocenters. The lowest BCUT2D eigenvalue weighted by atomic mass is 10.2. The number of amides is 2. The van der Waals surface area contributed by atoms with Gasteiger partial charge in [-0.2, -0.15) is 0 Å². The number of H-pyrrole nitrogens is 1. The topological polar surface area (TPSA) is 116 Å². The fourth-order valence-electron chi connectivity index (χ4n) is 4.35. The van der Waals surface area contributed by atoms with Crippen molar-refractivity contribution in [1.29, 1.82) is 0 Å².